The summed E-state index contributed by atoms with van der Waals surface area (Å²) in [4.78, 5) is 40.4. The Labute approximate surface area is 204 Å². The van der Waals surface area contributed by atoms with Gasteiger partial charge in [-0.2, -0.15) is 0 Å². The van der Waals surface area contributed by atoms with E-state index in [1.54, 1.807) is 18.5 Å². The van der Waals surface area contributed by atoms with E-state index in [9.17, 15) is 14.4 Å². The molecule has 0 atom stereocenters. The van der Waals surface area contributed by atoms with Crippen molar-refractivity contribution < 1.29 is 14.4 Å². The molecule has 1 saturated carbocycles. The van der Waals surface area contributed by atoms with Gasteiger partial charge in [0, 0.05) is 17.6 Å². The summed E-state index contributed by atoms with van der Waals surface area (Å²) in [6, 6.07) is 6.81. The summed E-state index contributed by atoms with van der Waals surface area (Å²) >= 11 is 1.46. The van der Waals surface area contributed by atoms with Gasteiger partial charge < -0.3 is 15.2 Å². The molecule has 1 aliphatic heterocycles. The van der Waals surface area contributed by atoms with Crippen LogP contribution in [-0.2, 0) is 16.6 Å². The molecule has 1 spiro atoms. The fourth-order valence-corrected chi connectivity index (χ4v) is 5.52. The van der Waals surface area contributed by atoms with Gasteiger partial charge in [0.2, 0.25) is 5.91 Å². The number of aryl methyl sites for hydroxylation is 1. The standard InChI is InChI=1S/C24H32N6O3S/c1-5-23(2,3)16-10-12-24(13-11-16)20(32)30(21(33)27-24)14-19(31)26-17-6-8-18(9-7-17)34-22-28-25-15-29(22)4/h6-9,15-16H,5,10-14H2,1-4H3,(H,26,31)(H,27,33). The van der Waals surface area contributed by atoms with Gasteiger partial charge in [0.1, 0.15) is 18.4 Å². The molecule has 1 aromatic heterocycles. The molecule has 0 unspecified atom stereocenters. The summed E-state index contributed by atoms with van der Waals surface area (Å²) in [5.74, 6) is -0.161. The molecule has 1 aliphatic carbocycles. The molecule has 9 nitrogen and oxygen atoms in total. The zero-order valence-corrected chi connectivity index (χ0v) is 20.9. The summed E-state index contributed by atoms with van der Waals surface area (Å²) < 4.78 is 1.82. The monoisotopic (exact) mass is 484 g/mol. The fourth-order valence-electron chi connectivity index (χ4n) is 4.76. The lowest BCUT2D eigenvalue weighted by Crippen LogP contribution is -2.51. The predicted octanol–water partition coefficient (Wildman–Crippen LogP) is 3.82. The zero-order valence-electron chi connectivity index (χ0n) is 20.1. The van der Waals surface area contributed by atoms with Crippen LogP contribution in [0.5, 0.6) is 0 Å². The second kappa shape index (κ2) is 9.40. The number of hydrogen-bond donors (Lipinski definition) is 2. The molecule has 4 rings (SSSR count). The number of carbonyl (C=O) groups is 3. The number of amides is 4. The van der Waals surface area contributed by atoms with Crippen molar-refractivity contribution in [2.24, 2.45) is 18.4 Å². The van der Waals surface area contributed by atoms with Crippen molar-refractivity contribution in [3.8, 4) is 0 Å². The lowest BCUT2D eigenvalue weighted by atomic mass is 9.65. The molecular weight excluding hydrogens is 452 g/mol. The van der Waals surface area contributed by atoms with E-state index in [2.05, 4.69) is 41.6 Å². The first-order valence-corrected chi connectivity index (χ1v) is 12.5. The number of anilines is 1. The SMILES string of the molecule is CCC(C)(C)C1CCC2(CC1)NC(=O)N(CC(=O)Nc1ccc(Sc3nncn3C)cc1)C2=O. The number of carbonyl (C=O) groups excluding carboxylic acids is 3. The highest BCUT2D eigenvalue weighted by Gasteiger charge is 2.53. The average Bonchev–Trinajstić information content (AvgIpc) is 3.31. The first-order valence-electron chi connectivity index (χ1n) is 11.7. The van der Waals surface area contributed by atoms with Gasteiger partial charge in [-0.3, -0.25) is 14.5 Å². The van der Waals surface area contributed by atoms with Crippen LogP contribution < -0.4 is 10.6 Å². The minimum absolute atomic E-state index is 0.217. The normalized spacial score (nSPS) is 22.8. The molecule has 10 heteroatoms. The van der Waals surface area contributed by atoms with Crippen LogP contribution in [0.25, 0.3) is 0 Å². The molecular formula is C24H32N6O3S. The molecule has 2 fully saturated rings. The molecule has 1 saturated heterocycles. The molecule has 1 aromatic carbocycles. The lowest BCUT2D eigenvalue weighted by molar-refractivity contribution is -0.135. The van der Waals surface area contributed by atoms with Gasteiger partial charge in [-0.25, -0.2) is 4.79 Å². The van der Waals surface area contributed by atoms with E-state index in [-0.39, 0.29) is 17.9 Å². The molecule has 4 amide bonds. The van der Waals surface area contributed by atoms with E-state index in [1.807, 2.05) is 23.7 Å². The Morgan fingerprint density at radius 3 is 2.50 bits per heavy atom. The number of urea groups is 1. The van der Waals surface area contributed by atoms with Crippen molar-refractivity contribution >= 4 is 35.3 Å². The second-order valence-corrected chi connectivity index (χ2v) is 11.0. The molecule has 0 bridgehead atoms. The Morgan fingerprint density at radius 2 is 1.91 bits per heavy atom. The molecule has 34 heavy (non-hydrogen) atoms. The van der Waals surface area contributed by atoms with E-state index < -0.39 is 17.5 Å². The highest BCUT2D eigenvalue weighted by molar-refractivity contribution is 7.99. The van der Waals surface area contributed by atoms with Gasteiger partial charge in [-0.05, 0) is 73.0 Å². The van der Waals surface area contributed by atoms with Gasteiger partial charge in [0.05, 0.1) is 0 Å². The van der Waals surface area contributed by atoms with Gasteiger partial charge in [-0.15, -0.1) is 10.2 Å². The summed E-state index contributed by atoms with van der Waals surface area (Å²) in [6.07, 6.45) is 5.74. The minimum Gasteiger partial charge on any atom is -0.325 e. The Hall–Kier alpha value is -2.88. The minimum atomic E-state index is -0.865. The predicted molar refractivity (Wildman–Crippen MR) is 129 cm³/mol. The maximum absolute atomic E-state index is 13.2. The summed E-state index contributed by atoms with van der Waals surface area (Å²) in [6.45, 7) is 6.42. The highest BCUT2D eigenvalue weighted by atomic mass is 32.2. The number of imide groups is 1. The van der Waals surface area contributed by atoms with E-state index >= 15 is 0 Å². The van der Waals surface area contributed by atoms with Crippen molar-refractivity contribution in [1.82, 2.24) is 25.0 Å². The highest BCUT2D eigenvalue weighted by Crippen LogP contribution is 2.45. The van der Waals surface area contributed by atoms with Gasteiger partial charge in [-0.1, -0.05) is 27.2 Å². The van der Waals surface area contributed by atoms with E-state index in [0.717, 1.165) is 34.2 Å². The molecule has 2 N–H and O–H groups in total. The zero-order chi connectivity index (χ0) is 24.5. The van der Waals surface area contributed by atoms with Crippen LogP contribution in [-0.4, -0.2) is 49.6 Å². The Balaban J connectivity index is 1.33. The van der Waals surface area contributed by atoms with E-state index in [1.165, 1.54) is 11.8 Å². The largest absolute Gasteiger partial charge is 0.325 e. The number of rotatable bonds is 7. The topological polar surface area (TPSA) is 109 Å². The van der Waals surface area contributed by atoms with E-state index in [0.29, 0.717) is 24.4 Å². The lowest BCUT2D eigenvalue weighted by Gasteiger charge is -2.42. The number of nitrogens with one attached hydrogen (secondary N) is 2. The van der Waals surface area contributed by atoms with Gasteiger partial charge in [0.15, 0.2) is 5.16 Å². The Kier molecular flexibility index (Phi) is 6.71. The van der Waals surface area contributed by atoms with Crippen LogP contribution >= 0.6 is 11.8 Å². The quantitative estimate of drug-likeness (QED) is 0.578. The molecule has 182 valence electrons. The van der Waals surface area contributed by atoms with Crippen molar-refractivity contribution in [1.29, 1.82) is 0 Å². The maximum Gasteiger partial charge on any atom is 0.325 e. The maximum atomic E-state index is 13.2. The van der Waals surface area contributed by atoms with Gasteiger partial charge >= 0.3 is 6.03 Å². The van der Waals surface area contributed by atoms with Crippen molar-refractivity contribution in [2.45, 2.75) is 68.5 Å². The third kappa shape index (κ3) is 4.82. The Morgan fingerprint density at radius 1 is 1.24 bits per heavy atom. The van der Waals surface area contributed by atoms with Crippen molar-refractivity contribution in [3.05, 3.63) is 30.6 Å². The van der Waals surface area contributed by atoms with Crippen LogP contribution in [0.3, 0.4) is 0 Å². The van der Waals surface area contributed by atoms with Crippen LogP contribution in [0, 0.1) is 11.3 Å². The van der Waals surface area contributed by atoms with Crippen LogP contribution in [0.4, 0.5) is 10.5 Å². The third-order valence-electron chi connectivity index (χ3n) is 7.42. The first kappa shape index (κ1) is 24.3. The number of nitrogens with zero attached hydrogens (tertiary/aromatic N) is 4. The summed E-state index contributed by atoms with van der Waals surface area (Å²) in [7, 11) is 1.87. The first-order chi connectivity index (χ1) is 16.1. The fraction of sp³-hybridized carbons (Fsp3) is 0.542. The van der Waals surface area contributed by atoms with Crippen molar-refractivity contribution in [3.63, 3.8) is 0 Å². The second-order valence-electron chi connectivity index (χ2n) is 9.92. The Bertz CT molecular complexity index is 1070. The van der Waals surface area contributed by atoms with Crippen molar-refractivity contribution in [2.75, 3.05) is 11.9 Å². The smallest absolute Gasteiger partial charge is 0.325 e. The molecule has 2 heterocycles. The van der Waals surface area contributed by atoms with Crippen LogP contribution in [0.1, 0.15) is 52.9 Å². The molecule has 0 radical (unpaired) electrons. The summed E-state index contributed by atoms with van der Waals surface area (Å²) in [5, 5.41) is 14.3. The van der Waals surface area contributed by atoms with Crippen LogP contribution in [0.15, 0.2) is 40.6 Å². The number of benzene rings is 1. The number of hydrogen-bond acceptors (Lipinski definition) is 6. The molecule has 2 aromatic rings. The average molecular weight is 485 g/mol. The summed E-state index contributed by atoms with van der Waals surface area (Å²) in [5.41, 5.74) is -0.0534. The van der Waals surface area contributed by atoms with Crippen LogP contribution in [0.2, 0.25) is 0 Å². The molecule has 2 aliphatic rings. The van der Waals surface area contributed by atoms with Gasteiger partial charge in [0.25, 0.3) is 5.91 Å². The van der Waals surface area contributed by atoms with E-state index in [4.69, 9.17) is 0 Å². The number of aromatic nitrogens is 3. The third-order valence-corrected chi connectivity index (χ3v) is 8.48.